The van der Waals surface area contributed by atoms with E-state index in [1.807, 2.05) is 0 Å². The van der Waals surface area contributed by atoms with Gasteiger partial charge in [0, 0.05) is 29.6 Å². The van der Waals surface area contributed by atoms with E-state index in [1.165, 1.54) is 18.3 Å². The molecule has 0 aliphatic heterocycles. The number of carboxylic acid groups (broad SMARTS) is 1. The highest BCUT2D eigenvalue weighted by Crippen LogP contribution is 2.22. The molecule has 1 rings (SSSR count). The first-order chi connectivity index (χ1) is 7.61. The second-order valence-corrected chi connectivity index (χ2v) is 4.04. The molecule has 1 unspecified atom stereocenters. The summed E-state index contributed by atoms with van der Waals surface area (Å²) in [5, 5.41) is 17.5. The van der Waals surface area contributed by atoms with E-state index in [4.69, 9.17) is 10.6 Å². The molecular weight excluding hydrogens is 230 g/mol. The van der Waals surface area contributed by atoms with Gasteiger partial charge < -0.3 is 5.11 Å². The van der Waals surface area contributed by atoms with Crippen molar-refractivity contribution in [1.82, 2.24) is 10.3 Å². The third-order valence-corrected chi connectivity index (χ3v) is 3.04. The maximum atomic E-state index is 11.2. The van der Waals surface area contributed by atoms with Crippen molar-refractivity contribution in [2.45, 2.75) is 12.5 Å². The van der Waals surface area contributed by atoms with Crippen LogP contribution in [0.25, 0.3) is 10.4 Å². The molecule has 0 aliphatic carbocycles. The summed E-state index contributed by atoms with van der Waals surface area (Å²) in [6, 6.07) is 0. The van der Waals surface area contributed by atoms with E-state index in [0.717, 1.165) is 0 Å². The molecule has 86 valence electrons. The predicted molar refractivity (Wildman–Crippen MR) is 59.1 cm³/mol. The number of carbonyl (C=O) groups is 1. The highest BCUT2D eigenvalue weighted by molar-refractivity contribution is 7.09. The van der Waals surface area contributed by atoms with Crippen molar-refractivity contribution < 1.29 is 9.90 Å². The number of azide groups is 1. The maximum absolute atomic E-state index is 11.2. The molecule has 0 spiro atoms. The number of rotatable bonds is 6. The van der Waals surface area contributed by atoms with E-state index in [9.17, 15) is 4.79 Å². The summed E-state index contributed by atoms with van der Waals surface area (Å²) in [6.45, 7) is 2.02. The average Bonchev–Trinajstić information content (AvgIpc) is 2.77. The van der Waals surface area contributed by atoms with Gasteiger partial charge in [0.15, 0.2) is 5.54 Å². The fraction of sp³-hybridized carbons (Fsp3) is 0.500. The van der Waals surface area contributed by atoms with Gasteiger partial charge in [-0.05, 0) is 12.5 Å². The van der Waals surface area contributed by atoms with E-state index < -0.39 is 11.5 Å². The zero-order chi connectivity index (χ0) is 12.0. The molecule has 0 bridgehead atoms. The van der Waals surface area contributed by atoms with Gasteiger partial charge in [0.25, 0.3) is 0 Å². The lowest BCUT2D eigenvalue weighted by molar-refractivity contribution is -0.144. The van der Waals surface area contributed by atoms with Crippen LogP contribution in [0.3, 0.4) is 0 Å². The minimum Gasteiger partial charge on any atom is -0.480 e. The fourth-order valence-electron chi connectivity index (χ4n) is 1.11. The van der Waals surface area contributed by atoms with Gasteiger partial charge in [0.05, 0.1) is 0 Å². The molecule has 7 nitrogen and oxygen atoms in total. The molecule has 1 heterocycles. The van der Waals surface area contributed by atoms with Gasteiger partial charge in [-0.1, -0.05) is 5.11 Å². The summed E-state index contributed by atoms with van der Waals surface area (Å²) in [6.07, 6.45) is 1.55. The molecule has 0 amide bonds. The first-order valence-corrected chi connectivity index (χ1v) is 5.38. The molecule has 16 heavy (non-hydrogen) atoms. The minimum atomic E-state index is -1.24. The Labute approximate surface area is 95.8 Å². The molecule has 1 atom stereocenters. The fourth-order valence-corrected chi connectivity index (χ4v) is 1.88. The lowest BCUT2D eigenvalue weighted by Crippen LogP contribution is -2.47. The van der Waals surface area contributed by atoms with E-state index in [2.05, 4.69) is 20.3 Å². The Morgan fingerprint density at radius 1 is 1.88 bits per heavy atom. The Kier molecular flexibility index (Phi) is 4.24. The molecule has 0 fully saturated rings. The van der Waals surface area contributed by atoms with Crippen LogP contribution in [0.2, 0.25) is 0 Å². The molecule has 0 aromatic carbocycles. The number of aromatic nitrogens is 1. The molecule has 1 aromatic rings. The monoisotopic (exact) mass is 241 g/mol. The average molecular weight is 241 g/mol. The molecule has 1 aromatic heterocycles. The molecule has 0 saturated carbocycles. The maximum Gasteiger partial charge on any atom is 0.330 e. The van der Waals surface area contributed by atoms with Crippen molar-refractivity contribution in [2.75, 3.05) is 13.1 Å². The number of hydrogen-bond donors (Lipinski definition) is 2. The van der Waals surface area contributed by atoms with Crippen LogP contribution in [0.4, 0.5) is 0 Å². The third kappa shape index (κ3) is 2.69. The van der Waals surface area contributed by atoms with Crippen LogP contribution < -0.4 is 5.32 Å². The summed E-state index contributed by atoms with van der Waals surface area (Å²) in [5.41, 5.74) is 6.86. The van der Waals surface area contributed by atoms with Crippen LogP contribution in [-0.4, -0.2) is 29.1 Å². The standard InChI is InChI=1S/C8H11N5O2S/c1-8(7(14)15,6-10-4-5-16-6)11-2-3-12-13-9/h4-5,11H,2-3H2,1H3,(H,14,15). The van der Waals surface area contributed by atoms with Crippen molar-refractivity contribution in [3.05, 3.63) is 27.0 Å². The van der Waals surface area contributed by atoms with Crippen LogP contribution in [0.5, 0.6) is 0 Å². The molecule has 8 heteroatoms. The largest absolute Gasteiger partial charge is 0.480 e. The van der Waals surface area contributed by atoms with Gasteiger partial charge in [-0.25, -0.2) is 9.78 Å². The summed E-state index contributed by atoms with van der Waals surface area (Å²) >= 11 is 1.26. The smallest absolute Gasteiger partial charge is 0.330 e. The van der Waals surface area contributed by atoms with Gasteiger partial charge in [0.1, 0.15) is 5.01 Å². The zero-order valence-electron chi connectivity index (χ0n) is 8.62. The summed E-state index contributed by atoms with van der Waals surface area (Å²) in [4.78, 5) is 17.8. The predicted octanol–water partition coefficient (Wildman–Crippen LogP) is 1.34. The Morgan fingerprint density at radius 2 is 2.62 bits per heavy atom. The Hall–Kier alpha value is -1.63. The van der Waals surface area contributed by atoms with Gasteiger partial charge >= 0.3 is 5.97 Å². The van der Waals surface area contributed by atoms with Crippen molar-refractivity contribution in [1.29, 1.82) is 0 Å². The lowest BCUT2D eigenvalue weighted by Gasteiger charge is -2.23. The second-order valence-electron chi connectivity index (χ2n) is 3.15. The van der Waals surface area contributed by atoms with E-state index >= 15 is 0 Å². The summed E-state index contributed by atoms with van der Waals surface area (Å²) in [5.74, 6) is -1.01. The van der Waals surface area contributed by atoms with Crippen LogP contribution >= 0.6 is 11.3 Å². The number of nitrogens with zero attached hydrogens (tertiary/aromatic N) is 4. The van der Waals surface area contributed by atoms with Crippen LogP contribution in [-0.2, 0) is 10.3 Å². The van der Waals surface area contributed by atoms with Gasteiger partial charge in [-0.2, -0.15) is 0 Å². The SMILES string of the molecule is CC(NCCN=[N+]=[N-])(C(=O)O)c1nccs1. The first kappa shape index (κ1) is 12.4. The second kappa shape index (κ2) is 5.45. The topological polar surface area (TPSA) is 111 Å². The van der Waals surface area contributed by atoms with E-state index in [-0.39, 0.29) is 13.1 Å². The van der Waals surface area contributed by atoms with Crippen LogP contribution in [0.15, 0.2) is 16.7 Å². The number of carboxylic acids is 1. The summed E-state index contributed by atoms with van der Waals surface area (Å²) < 4.78 is 0. The number of aliphatic carboxylic acids is 1. The zero-order valence-corrected chi connectivity index (χ0v) is 9.44. The van der Waals surface area contributed by atoms with Crippen LogP contribution in [0, 0.1) is 0 Å². The van der Waals surface area contributed by atoms with Crippen molar-refractivity contribution >= 4 is 17.3 Å². The van der Waals surface area contributed by atoms with Gasteiger partial charge in [0.2, 0.25) is 0 Å². The van der Waals surface area contributed by atoms with Crippen molar-refractivity contribution in [2.24, 2.45) is 5.11 Å². The van der Waals surface area contributed by atoms with Crippen LogP contribution in [0.1, 0.15) is 11.9 Å². The Balaban J connectivity index is 2.74. The molecule has 0 aliphatic rings. The molecule has 0 radical (unpaired) electrons. The van der Waals surface area contributed by atoms with Crippen molar-refractivity contribution in [3.8, 4) is 0 Å². The van der Waals surface area contributed by atoms with Gasteiger partial charge in [-0.15, -0.1) is 11.3 Å². The molecule has 0 saturated heterocycles. The third-order valence-electron chi connectivity index (χ3n) is 2.04. The van der Waals surface area contributed by atoms with Gasteiger partial charge in [-0.3, -0.25) is 5.32 Å². The molecule has 2 N–H and O–H groups in total. The first-order valence-electron chi connectivity index (χ1n) is 4.50. The van der Waals surface area contributed by atoms with E-state index in [1.54, 1.807) is 11.6 Å². The number of hydrogen-bond acceptors (Lipinski definition) is 5. The number of thiazole rings is 1. The Bertz CT molecular complexity index is 401. The highest BCUT2D eigenvalue weighted by Gasteiger charge is 2.36. The van der Waals surface area contributed by atoms with Crippen molar-refractivity contribution in [3.63, 3.8) is 0 Å². The molecular formula is C8H11N5O2S. The lowest BCUT2D eigenvalue weighted by atomic mass is 10.0. The minimum absolute atomic E-state index is 0.199. The summed E-state index contributed by atoms with van der Waals surface area (Å²) in [7, 11) is 0. The number of nitrogens with one attached hydrogen (secondary N) is 1. The van der Waals surface area contributed by atoms with E-state index in [0.29, 0.717) is 5.01 Å². The normalized spacial score (nSPS) is 13.8. The highest BCUT2D eigenvalue weighted by atomic mass is 32.1. The quantitative estimate of drug-likeness (QED) is 0.339. The Morgan fingerprint density at radius 3 is 3.12 bits per heavy atom.